The van der Waals surface area contributed by atoms with Crippen molar-refractivity contribution in [2.24, 2.45) is 0 Å². The van der Waals surface area contributed by atoms with Gasteiger partial charge < -0.3 is 18.6 Å². The molecule has 1 atom stereocenters. The van der Waals surface area contributed by atoms with Crippen molar-refractivity contribution in [1.29, 1.82) is 0 Å². The highest BCUT2D eigenvalue weighted by atomic mass is 16.5. The van der Waals surface area contributed by atoms with Crippen molar-refractivity contribution < 1.29 is 18.6 Å². The summed E-state index contributed by atoms with van der Waals surface area (Å²) in [5.41, 5.74) is 5.17. The number of aromatic nitrogens is 4. The molecule has 0 amide bonds. The predicted octanol–water partition coefficient (Wildman–Crippen LogP) is 6.87. The van der Waals surface area contributed by atoms with Gasteiger partial charge in [-0.3, -0.25) is 0 Å². The minimum absolute atomic E-state index is 0.332. The summed E-state index contributed by atoms with van der Waals surface area (Å²) in [6, 6.07) is 31.1. The number of ether oxygens (including phenoxy) is 3. The summed E-state index contributed by atoms with van der Waals surface area (Å²) in [6.07, 6.45) is 1.58. The van der Waals surface area contributed by atoms with Gasteiger partial charge in [0.1, 0.15) is 11.9 Å². The van der Waals surface area contributed by atoms with Crippen LogP contribution in [0.1, 0.15) is 22.6 Å². The van der Waals surface area contributed by atoms with E-state index in [4.69, 9.17) is 28.7 Å². The first-order chi connectivity index (χ1) is 21.6. The van der Waals surface area contributed by atoms with Crippen molar-refractivity contribution in [3.05, 3.63) is 130 Å². The number of hydrogen-bond acceptors (Lipinski definition) is 8. The Bertz CT molecular complexity index is 2260. The van der Waals surface area contributed by atoms with Gasteiger partial charge in [0.2, 0.25) is 5.88 Å². The van der Waals surface area contributed by atoms with Gasteiger partial charge in [-0.25, -0.2) is 19.3 Å². The molecule has 1 aliphatic heterocycles. The van der Waals surface area contributed by atoms with Crippen molar-refractivity contribution >= 4 is 16.6 Å². The topological polar surface area (TPSA) is 101 Å². The highest BCUT2D eigenvalue weighted by molar-refractivity contribution is 5.87. The van der Waals surface area contributed by atoms with Gasteiger partial charge in [-0.2, -0.15) is 0 Å². The Labute approximate surface area is 250 Å². The van der Waals surface area contributed by atoms with Crippen molar-refractivity contribution in [3.8, 4) is 45.6 Å². The first kappa shape index (κ1) is 25.7. The van der Waals surface area contributed by atoms with Gasteiger partial charge in [-0.05, 0) is 41.0 Å². The lowest BCUT2D eigenvalue weighted by atomic mass is 9.84. The molecule has 0 N–H and O–H groups in total. The molecule has 0 aliphatic carbocycles. The summed E-state index contributed by atoms with van der Waals surface area (Å²) >= 11 is 0. The van der Waals surface area contributed by atoms with Gasteiger partial charge in [-0.15, -0.1) is 5.10 Å². The lowest BCUT2D eigenvalue weighted by Gasteiger charge is -2.27. The average molecular weight is 581 g/mol. The first-order valence-electron chi connectivity index (χ1n) is 14.0. The molecule has 0 radical (unpaired) electrons. The van der Waals surface area contributed by atoms with Crippen LogP contribution in [0.2, 0.25) is 0 Å². The van der Waals surface area contributed by atoms with E-state index in [9.17, 15) is 4.79 Å². The second-order valence-corrected chi connectivity index (χ2v) is 10.4. The van der Waals surface area contributed by atoms with Gasteiger partial charge >= 0.3 is 5.63 Å². The second kappa shape index (κ2) is 10.1. The number of hydrogen-bond donors (Lipinski definition) is 0. The zero-order valence-electron chi connectivity index (χ0n) is 23.7. The summed E-state index contributed by atoms with van der Waals surface area (Å²) in [7, 11) is 3.15. The summed E-state index contributed by atoms with van der Waals surface area (Å²) in [5, 5.41) is 5.42. The van der Waals surface area contributed by atoms with Gasteiger partial charge in [-0.1, -0.05) is 72.8 Å². The minimum atomic E-state index is -0.650. The first-order valence-corrected chi connectivity index (χ1v) is 14.0. The predicted molar refractivity (Wildman–Crippen MR) is 165 cm³/mol. The zero-order valence-corrected chi connectivity index (χ0v) is 23.7. The van der Waals surface area contributed by atoms with E-state index >= 15 is 0 Å². The molecule has 1 unspecified atom stereocenters. The molecule has 7 aromatic rings. The quantitative estimate of drug-likeness (QED) is 0.203. The molecule has 0 bridgehead atoms. The third-order valence-electron chi connectivity index (χ3n) is 7.95. The van der Waals surface area contributed by atoms with Gasteiger partial charge in [0.15, 0.2) is 28.7 Å². The maximum Gasteiger partial charge on any atom is 0.344 e. The van der Waals surface area contributed by atoms with E-state index in [1.807, 2.05) is 78.9 Å². The van der Waals surface area contributed by atoms with Crippen molar-refractivity contribution in [2.75, 3.05) is 14.2 Å². The summed E-state index contributed by atoms with van der Waals surface area (Å²) in [5.74, 6) is 1.68. The maximum absolute atomic E-state index is 13.7. The highest BCUT2D eigenvalue weighted by Gasteiger charge is 2.38. The Morgan fingerprint density at radius 1 is 0.773 bits per heavy atom. The smallest absolute Gasteiger partial charge is 0.344 e. The standard InChI is InChI=1S/C35H24N4O5/c1-41-26-17-16-23(18-27(26)42-2)28-29-31(24-10-6-7-11-25(24)43-35(29)40)44-34-30(28)33-37-32(38-39(33)19-36-34)22-14-12-21(13-15-22)20-8-4-3-5-9-20/h3-19,28H,1-2H3. The van der Waals surface area contributed by atoms with Crippen LogP contribution < -0.4 is 19.8 Å². The molecule has 4 heterocycles. The van der Waals surface area contributed by atoms with Crippen LogP contribution in [0, 0.1) is 0 Å². The second-order valence-electron chi connectivity index (χ2n) is 10.4. The Hall–Kier alpha value is -5.96. The fourth-order valence-corrected chi connectivity index (χ4v) is 5.86. The molecule has 3 aromatic heterocycles. The van der Waals surface area contributed by atoms with Gasteiger partial charge in [0.25, 0.3) is 0 Å². The Morgan fingerprint density at radius 3 is 2.30 bits per heavy atom. The molecule has 44 heavy (non-hydrogen) atoms. The van der Waals surface area contributed by atoms with E-state index in [1.165, 1.54) is 0 Å². The molecular weight excluding hydrogens is 556 g/mol. The molecule has 0 saturated carbocycles. The monoisotopic (exact) mass is 580 g/mol. The molecule has 9 nitrogen and oxygen atoms in total. The third-order valence-corrected chi connectivity index (χ3v) is 7.95. The Morgan fingerprint density at radius 2 is 1.50 bits per heavy atom. The molecule has 1 aliphatic rings. The molecular formula is C35H24N4O5. The number of para-hydroxylation sites is 1. The van der Waals surface area contributed by atoms with Crippen molar-refractivity contribution in [3.63, 3.8) is 0 Å². The number of benzene rings is 4. The van der Waals surface area contributed by atoms with Crippen LogP contribution in [0.25, 0.3) is 39.1 Å². The Balaban J connectivity index is 1.34. The lowest BCUT2D eigenvalue weighted by Crippen LogP contribution is -2.22. The van der Waals surface area contributed by atoms with Gasteiger partial charge in [0.05, 0.1) is 36.7 Å². The van der Waals surface area contributed by atoms with Crippen LogP contribution in [0.4, 0.5) is 0 Å². The fraction of sp³-hybridized carbons (Fsp3) is 0.0857. The van der Waals surface area contributed by atoms with E-state index in [-0.39, 0.29) is 0 Å². The molecule has 0 saturated heterocycles. The zero-order chi connectivity index (χ0) is 29.8. The molecule has 8 rings (SSSR count). The van der Waals surface area contributed by atoms with Crippen LogP contribution in [0.3, 0.4) is 0 Å². The van der Waals surface area contributed by atoms with Crippen LogP contribution in [-0.4, -0.2) is 33.8 Å². The third kappa shape index (κ3) is 4.01. The summed E-state index contributed by atoms with van der Waals surface area (Å²) in [4.78, 5) is 23.3. The van der Waals surface area contributed by atoms with Crippen molar-refractivity contribution in [1.82, 2.24) is 19.6 Å². The van der Waals surface area contributed by atoms with Crippen LogP contribution in [0.5, 0.6) is 23.1 Å². The number of fused-ring (bicyclic) bond motifs is 6. The van der Waals surface area contributed by atoms with Crippen LogP contribution in [0.15, 0.2) is 113 Å². The lowest BCUT2D eigenvalue weighted by molar-refractivity contribution is 0.354. The van der Waals surface area contributed by atoms with Crippen LogP contribution >= 0.6 is 0 Å². The van der Waals surface area contributed by atoms with E-state index in [1.54, 1.807) is 31.1 Å². The number of nitrogens with zero attached hydrogens (tertiary/aromatic N) is 4. The number of methoxy groups -OCH3 is 2. The van der Waals surface area contributed by atoms with Crippen molar-refractivity contribution in [2.45, 2.75) is 5.92 Å². The molecule has 9 heteroatoms. The average Bonchev–Trinajstić information content (AvgIpc) is 3.52. The van der Waals surface area contributed by atoms with Gasteiger partial charge in [0, 0.05) is 5.56 Å². The summed E-state index contributed by atoms with van der Waals surface area (Å²) in [6.45, 7) is 0. The van der Waals surface area contributed by atoms with E-state index in [2.05, 4.69) is 17.1 Å². The molecule has 0 fully saturated rings. The normalized spacial score (nSPS) is 13.7. The molecule has 4 aromatic carbocycles. The van der Waals surface area contributed by atoms with E-state index < -0.39 is 11.5 Å². The summed E-state index contributed by atoms with van der Waals surface area (Å²) < 4.78 is 24.9. The van der Waals surface area contributed by atoms with Crippen LogP contribution in [-0.2, 0) is 0 Å². The molecule has 214 valence electrons. The van der Waals surface area contributed by atoms with E-state index in [0.717, 1.165) is 22.3 Å². The largest absolute Gasteiger partial charge is 0.493 e. The molecule has 0 spiro atoms. The minimum Gasteiger partial charge on any atom is -0.493 e. The fourth-order valence-electron chi connectivity index (χ4n) is 5.86. The Kier molecular flexibility index (Phi) is 5.90. The van der Waals surface area contributed by atoms with E-state index in [0.29, 0.717) is 56.7 Å². The maximum atomic E-state index is 13.7. The number of rotatable bonds is 5. The SMILES string of the molecule is COc1ccc(C2c3c(c4ccccc4oc3=O)Oc3ncn4nc(-c5ccc(-c6ccccc6)cc5)nc4c32)cc1OC. The highest BCUT2D eigenvalue weighted by Crippen LogP contribution is 2.49.